The fraction of sp³-hybridized carbons (Fsp3) is 0.118. The maximum atomic E-state index is 5.77. The number of aryl methyl sites for hydroxylation is 1. The fourth-order valence-corrected chi connectivity index (χ4v) is 2.51. The van der Waals surface area contributed by atoms with Gasteiger partial charge in [0, 0.05) is 11.6 Å². The number of nitrogens with one attached hydrogen (secondary N) is 1. The first kappa shape index (κ1) is 12.8. The molecule has 3 rings (SSSR count). The molecular weight excluding hydrogens is 246 g/mol. The molecule has 0 spiro atoms. The summed E-state index contributed by atoms with van der Waals surface area (Å²) in [5.41, 5.74) is 7.43. The van der Waals surface area contributed by atoms with Crippen LogP contribution in [0.3, 0.4) is 0 Å². The van der Waals surface area contributed by atoms with Gasteiger partial charge in [0.05, 0.1) is 11.6 Å². The minimum Gasteiger partial charge on any atom is -0.271 e. The number of rotatable bonds is 3. The van der Waals surface area contributed by atoms with E-state index in [4.69, 9.17) is 5.84 Å². The van der Waals surface area contributed by atoms with Gasteiger partial charge in [-0.25, -0.2) is 5.43 Å². The summed E-state index contributed by atoms with van der Waals surface area (Å²) in [6, 6.07) is 18.6. The smallest absolute Gasteiger partial charge is 0.0710 e. The molecule has 0 aliphatic carbocycles. The van der Waals surface area contributed by atoms with Crippen LogP contribution in [-0.2, 0) is 0 Å². The Morgan fingerprint density at radius 3 is 2.65 bits per heavy atom. The third kappa shape index (κ3) is 2.41. The molecule has 0 radical (unpaired) electrons. The molecule has 0 saturated heterocycles. The lowest BCUT2D eigenvalue weighted by atomic mass is 9.97. The average Bonchev–Trinajstić information content (AvgIpc) is 2.48. The first-order valence-corrected chi connectivity index (χ1v) is 6.65. The molecule has 20 heavy (non-hydrogen) atoms. The van der Waals surface area contributed by atoms with Gasteiger partial charge in [-0.3, -0.25) is 10.8 Å². The van der Waals surface area contributed by atoms with E-state index in [2.05, 4.69) is 59.8 Å². The van der Waals surface area contributed by atoms with E-state index < -0.39 is 0 Å². The minimum absolute atomic E-state index is 0.0143. The molecule has 1 unspecified atom stereocenters. The van der Waals surface area contributed by atoms with E-state index in [1.165, 1.54) is 5.56 Å². The zero-order chi connectivity index (χ0) is 13.9. The van der Waals surface area contributed by atoms with Gasteiger partial charge in [-0.05, 0) is 36.2 Å². The number of hydrogen-bond donors (Lipinski definition) is 2. The van der Waals surface area contributed by atoms with Crippen molar-refractivity contribution in [2.45, 2.75) is 13.0 Å². The van der Waals surface area contributed by atoms with Crippen molar-refractivity contribution >= 4 is 10.9 Å². The SMILES string of the molecule is Cc1cccc(C(NN)c2ccc3ncccc3c2)c1. The molecule has 0 fully saturated rings. The van der Waals surface area contributed by atoms with Gasteiger partial charge in [-0.15, -0.1) is 0 Å². The van der Waals surface area contributed by atoms with E-state index in [0.29, 0.717) is 0 Å². The van der Waals surface area contributed by atoms with Crippen LogP contribution in [0.5, 0.6) is 0 Å². The van der Waals surface area contributed by atoms with Gasteiger partial charge in [-0.2, -0.15) is 0 Å². The summed E-state index contributed by atoms with van der Waals surface area (Å²) in [5, 5.41) is 1.12. The molecular formula is C17H17N3. The Morgan fingerprint density at radius 2 is 1.85 bits per heavy atom. The zero-order valence-electron chi connectivity index (χ0n) is 11.4. The lowest BCUT2D eigenvalue weighted by Gasteiger charge is -2.18. The van der Waals surface area contributed by atoms with Crippen molar-refractivity contribution < 1.29 is 0 Å². The molecule has 3 aromatic rings. The Bertz CT molecular complexity index is 737. The number of fused-ring (bicyclic) bond motifs is 1. The molecule has 0 saturated carbocycles. The highest BCUT2D eigenvalue weighted by atomic mass is 15.2. The largest absolute Gasteiger partial charge is 0.271 e. The van der Waals surface area contributed by atoms with Gasteiger partial charge in [0.2, 0.25) is 0 Å². The summed E-state index contributed by atoms with van der Waals surface area (Å²) in [4.78, 5) is 4.34. The molecule has 0 aliphatic rings. The number of nitrogens with two attached hydrogens (primary N) is 1. The van der Waals surface area contributed by atoms with E-state index in [9.17, 15) is 0 Å². The van der Waals surface area contributed by atoms with Crippen LogP contribution in [0, 0.1) is 6.92 Å². The van der Waals surface area contributed by atoms with Crippen LogP contribution in [0.4, 0.5) is 0 Å². The molecule has 1 heterocycles. The number of benzene rings is 2. The summed E-state index contributed by atoms with van der Waals surface area (Å²) < 4.78 is 0. The van der Waals surface area contributed by atoms with Gasteiger partial charge in [-0.1, -0.05) is 42.0 Å². The standard InChI is InChI=1S/C17H17N3/c1-12-4-2-5-14(10-12)17(20-18)15-7-8-16-13(11-15)6-3-9-19-16/h2-11,17,20H,18H2,1H3. The number of nitrogens with zero attached hydrogens (tertiary/aromatic N) is 1. The first-order chi connectivity index (χ1) is 9.78. The third-order valence-corrected chi connectivity index (χ3v) is 3.50. The predicted molar refractivity (Wildman–Crippen MR) is 82.1 cm³/mol. The van der Waals surface area contributed by atoms with Crippen molar-refractivity contribution in [1.82, 2.24) is 10.4 Å². The molecule has 3 nitrogen and oxygen atoms in total. The average molecular weight is 263 g/mol. The van der Waals surface area contributed by atoms with E-state index in [-0.39, 0.29) is 6.04 Å². The van der Waals surface area contributed by atoms with Crippen molar-refractivity contribution in [2.75, 3.05) is 0 Å². The Balaban J connectivity index is 2.07. The molecule has 1 atom stereocenters. The summed E-state index contributed by atoms with van der Waals surface area (Å²) in [7, 11) is 0. The highest BCUT2D eigenvalue weighted by Gasteiger charge is 2.12. The molecule has 0 bridgehead atoms. The molecule has 0 aliphatic heterocycles. The van der Waals surface area contributed by atoms with Crippen LogP contribution in [0.15, 0.2) is 60.8 Å². The molecule has 100 valence electrons. The van der Waals surface area contributed by atoms with Crippen LogP contribution in [-0.4, -0.2) is 4.98 Å². The monoisotopic (exact) mass is 263 g/mol. The van der Waals surface area contributed by atoms with Crippen LogP contribution >= 0.6 is 0 Å². The lowest BCUT2D eigenvalue weighted by Crippen LogP contribution is -2.28. The van der Waals surface area contributed by atoms with Gasteiger partial charge < -0.3 is 0 Å². The molecule has 0 amide bonds. The Morgan fingerprint density at radius 1 is 1.00 bits per heavy atom. The summed E-state index contributed by atoms with van der Waals surface area (Å²) in [6.45, 7) is 2.08. The highest BCUT2D eigenvalue weighted by molar-refractivity contribution is 5.79. The second-order valence-corrected chi connectivity index (χ2v) is 4.97. The van der Waals surface area contributed by atoms with E-state index >= 15 is 0 Å². The number of aromatic nitrogens is 1. The Kier molecular flexibility index (Phi) is 3.46. The molecule has 1 aromatic heterocycles. The van der Waals surface area contributed by atoms with E-state index in [1.807, 2.05) is 12.1 Å². The normalized spacial score (nSPS) is 12.5. The fourth-order valence-electron chi connectivity index (χ4n) is 2.51. The molecule has 3 N–H and O–H groups in total. The topological polar surface area (TPSA) is 50.9 Å². The number of hydrogen-bond acceptors (Lipinski definition) is 3. The quantitative estimate of drug-likeness (QED) is 0.564. The van der Waals surface area contributed by atoms with Crippen molar-refractivity contribution in [3.05, 3.63) is 77.5 Å². The van der Waals surface area contributed by atoms with Crippen molar-refractivity contribution in [1.29, 1.82) is 0 Å². The van der Waals surface area contributed by atoms with Crippen LogP contribution in [0.2, 0.25) is 0 Å². The Labute approximate surface area is 118 Å². The van der Waals surface area contributed by atoms with Crippen LogP contribution in [0.25, 0.3) is 10.9 Å². The van der Waals surface area contributed by atoms with E-state index in [1.54, 1.807) is 6.20 Å². The predicted octanol–water partition coefficient (Wildman–Crippen LogP) is 3.10. The molecule has 3 heteroatoms. The maximum absolute atomic E-state index is 5.77. The highest BCUT2D eigenvalue weighted by Crippen LogP contribution is 2.24. The second-order valence-electron chi connectivity index (χ2n) is 4.97. The number of pyridine rings is 1. The summed E-state index contributed by atoms with van der Waals surface area (Å²) in [5.74, 6) is 5.77. The van der Waals surface area contributed by atoms with Crippen LogP contribution < -0.4 is 11.3 Å². The second kappa shape index (κ2) is 5.41. The first-order valence-electron chi connectivity index (χ1n) is 6.65. The maximum Gasteiger partial charge on any atom is 0.0710 e. The van der Waals surface area contributed by atoms with Crippen molar-refractivity contribution in [2.24, 2.45) is 5.84 Å². The van der Waals surface area contributed by atoms with Gasteiger partial charge in [0.15, 0.2) is 0 Å². The van der Waals surface area contributed by atoms with Crippen LogP contribution in [0.1, 0.15) is 22.7 Å². The van der Waals surface area contributed by atoms with E-state index in [0.717, 1.165) is 22.0 Å². The molecule has 2 aromatic carbocycles. The zero-order valence-corrected chi connectivity index (χ0v) is 11.4. The summed E-state index contributed by atoms with van der Waals surface area (Å²) in [6.07, 6.45) is 1.81. The van der Waals surface area contributed by atoms with Crippen molar-refractivity contribution in [3.8, 4) is 0 Å². The Hall–Kier alpha value is -2.23. The lowest BCUT2D eigenvalue weighted by molar-refractivity contribution is 0.637. The minimum atomic E-state index is -0.0143. The summed E-state index contributed by atoms with van der Waals surface area (Å²) >= 11 is 0. The van der Waals surface area contributed by atoms with Crippen molar-refractivity contribution in [3.63, 3.8) is 0 Å². The van der Waals surface area contributed by atoms with Gasteiger partial charge >= 0.3 is 0 Å². The number of hydrazine groups is 1. The van der Waals surface area contributed by atoms with Gasteiger partial charge in [0.1, 0.15) is 0 Å². The third-order valence-electron chi connectivity index (χ3n) is 3.50. The van der Waals surface area contributed by atoms with Gasteiger partial charge in [0.25, 0.3) is 0 Å².